The predicted octanol–water partition coefficient (Wildman–Crippen LogP) is 2.96. The average Bonchev–Trinajstić information content (AvgIpc) is 3.94. The number of aliphatic hydroxyl groups excluding tert-OH is 2. The summed E-state index contributed by atoms with van der Waals surface area (Å²) in [6.45, 7) is 4.43. The number of nitrogens with one attached hydrogen (secondary N) is 4. The molecule has 0 saturated carbocycles. The van der Waals surface area contributed by atoms with Crippen LogP contribution in [0, 0.1) is 0 Å². The number of hydrogen-bond donors (Lipinski definition) is 6. The molecule has 316 valence electrons. The Morgan fingerprint density at radius 1 is 0.644 bits per heavy atom. The molecule has 0 aliphatic carbocycles. The molecule has 59 heavy (non-hydrogen) atoms. The van der Waals surface area contributed by atoms with Crippen molar-refractivity contribution in [1.82, 2.24) is 20.4 Å². The van der Waals surface area contributed by atoms with Gasteiger partial charge in [0.25, 0.3) is 0 Å². The molecular weight excluding hydrogens is 763 g/mol. The molecule has 2 aliphatic heterocycles. The lowest BCUT2D eigenvalue weighted by Crippen LogP contribution is -2.56. The summed E-state index contributed by atoms with van der Waals surface area (Å²) < 4.78 is 9.18. The Morgan fingerprint density at radius 2 is 1.03 bits per heavy atom. The van der Waals surface area contributed by atoms with Crippen molar-refractivity contribution in [2.75, 3.05) is 42.8 Å². The highest BCUT2D eigenvalue weighted by atomic mass is 16.5. The molecule has 17 nitrogen and oxygen atoms in total. The molecule has 2 fully saturated rings. The van der Waals surface area contributed by atoms with Crippen LogP contribution in [-0.2, 0) is 41.7 Å². The van der Waals surface area contributed by atoms with E-state index in [9.17, 15) is 39.0 Å². The van der Waals surface area contributed by atoms with Gasteiger partial charge in [0.1, 0.15) is 24.2 Å². The molecule has 0 unspecified atom stereocenters. The number of hydrogen-bond acceptors (Lipinski definition) is 11. The Labute approximate surface area is 343 Å². The molecular formula is C42H53N7O10. The third-order valence-corrected chi connectivity index (χ3v) is 10.4. The van der Waals surface area contributed by atoms with Crippen LogP contribution in [-0.4, -0.2) is 120 Å². The number of carbonyl (C=O) groups is 6. The van der Waals surface area contributed by atoms with Crippen LogP contribution in [0.2, 0.25) is 0 Å². The van der Waals surface area contributed by atoms with Gasteiger partial charge in [0, 0.05) is 43.2 Å². The van der Waals surface area contributed by atoms with E-state index in [0.717, 1.165) is 31.0 Å². The number of anilines is 3. The Morgan fingerprint density at radius 3 is 1.39 bits per heavy atom. The van der Waals surface area contributed by atoms with E-state index in [1.165, 1.54) is 23.6 Å². The smallest absolute Gasteiger partial charge is 0.407 e. The summed E-state index contributed by atoms with van der Waals surface area (Å²) in [5.74, 6) is -1.88. The number of aliphatic hydroxyl groups is 2. The minimum atomic E-state index is -1.26. The van der Waals surface area contributed by atoms with Gasteiger partial charge in [-0.1, -0.05) is 42.5 Å². The molecule has 2 aliphatic rings. The van der Waals surface area contributed by atoms with Gasteiger partial charge in [0.2, 0.25) is 23.6 Å². The van der Waals surface area contributed by atoms with Crippen molar-refractivity contribution >= 4 is 52.9 Å². The zero-order valence-electron chi connectivity index (χ0n) is 33.6. The Balaban J connectivity index is 1.20. The molecule has 3 aromatic carbocycles. The van der Waals surface area contributed by atoms with Crippen molar-refractivity contribution in [3.63, 3.8) is 0 Å². The molecule has 2 saturated heterocycles. The SMILES string of the molecule is COC(=O)N[C@H](C(=O)N1CCC[C@H]1C(=O)Nc1ccc(CN(Cc2ccc(NC(=O)[C@@H]3CCCN3C(=O)[C@@H](NC(=O)OC)[C@H](C)O)cc2)c2ccccc2)cc1)[C@H](C)O. The van der Waals surface area contributed by atoms with Gasteiger partial charge in [-0.15, -0.1) is 0 Å². The average molecular weight is 816 g/mol. The first-order valence-electron chi connectivity index (χ1n) is 19.5. The lowest BCUT2D eigenvalue weighted by molar-refractivity contribution is -0.140. The van der Waals surface area contributed by atoms with Gasteiger partial charge in [0.05, 0.1) is 26.4 Å². The lowest BCUT2D eigenvalue weighted by atomic mass is 10.1. The highest BCUT2D eigenvalue weighted by Crippen LogP contribution is 2.25. The van der Waals surface area contributed by atoms with Crippen LogP contribution in [0.4, 0.5) is 26.7 Å². The summed E-state index contributed by atoms with van der Waals surface area (Å²) >= 11 is 0. The summed E-state index contributed by atoms with van der Waals surface area (Å²) in [5.41, 5.74) is 4.02. The maximum absolute atomic E-state index is 13.4. The normalized spacial score (nSPS) is 18.1. The van der Waals surface area contributed by atoms with Crippen molar-refractivity contribution in [1.29, 1.82) is 0 Å². The summed E-state index contributed by atoms with van der Waals surface area (Å²) in [6.07, 6.45) is -2.08. The fourth-order valence-corrected chi connectivity index (χ4v) is 7.27. The maximum atomic E-state index is 13.4. The number of amides is 6. The Hall–Kier alpha value is -6.20. The molecule has 0 spiro atoms. The van der Waals surface area contributed by atoms with Crippen LogP contribution in [0.15, 0.2) is 78.9 Å². The van der Waals surface area contributed by atoms with Gasteiger partial charge in [-0.3, -0.25) is 19.2 Å². The van der Waals surface area contributed by atoms with E-state index in [2.05, 4.69) is 35.6 Å². The molecule has 2 heterocycles. The minimum Gasteiger partial charge on any atom is -0.453 e. The summed E-state index contributed by atoms with van der Waals surface area (Å²) in [7, 11) is 2.32. The van der Waals surface area contributed by atoms with Crippen LogP contribution in [0.3, 0.4) is 0 Å². The second-order valence-corrected chi connectivity index (χ2v) is 14.7. The second-order valence-electron chi connectivity index (χ2n) is 14.7. The van der Waals surface area contributed by atoms with E-state index in [0.29, 0.717) is 63.2 Å². The van der Waals surface area contributed by atoms with Gasteiger partial charge in [-0.25, -0.2) is 9.59 Å². The van der Waals surface area contributed by atoms with Gasteiger partial charge in [-0.05, 0) is 87.1 Å². The number of para-hydroxylation sites is 1. The molecule has 6 N–H and O–H groups in total. The highest BCUT2D eigenvalue weighted by Gasteiger charge is 2.41. The van der Waals surface area contributed by atoms with Crippen LogP contribution in [0.5, 0.6) is 0 Å². The van der Waals surface area contributed by atoms with Gasteiger partial charge < -0.3 is 55.7 Å². The van der Waals surface area contributed by atoms with Crippen LogP contribution in [0.1, 0.15) is 50.7 Å². The zero-order chi connectivity index (χ0) is 42.6. The molecule has 0 aromatic heterocycles. The number of ether oxygens (including phenoxy) is 2. The Kier molecular flexibility index (Phi) is 15.2. The van der Waals surface area contributed by atoms with E-state index >= 15 is 0 Å². The van der Waals surface area contributed by atoms with E-state index in [4.69, 9.17) is 0 Å². The first-order valence-corrected chi connectivity index (χ1v) is 19.5. The number of carbonyl (C=O) groups excluding carboxylic acids is 6. The Bertz CT molecular complexity index is 1810. The maximum Gasteiger partial charge on any atom is 0.407 e. The third-order valence-electron chi connectivity index (χ3n) is 10.4. The minimum absolute atomic E-state index is 0.306. The fraction of sp³-hybridized carbons (Fsp3) is 0.429. The molecule has 0 radical (unpaired) electrons. The number of nitrogens with zero attached hydrogens (tertiary/aromatic N) is 3. The molecule has 17 heteroatoms. The summed E-state index contributed by atoms with van der Waals surface area (Å²) in [5, 5.41) is 30.9. The van der Waals surface area contributed by atoms with E-state index in [1.54, 1.807) is 24.3 Å². The van der Waals surface area contributed by atoms with Gasteiger partial charge >= 0.3 is 12.2 Å². The first kappa shape index (κ1) is 43.9. The van der Waals surface area contributed by atoms with Crippen LogP contribution >= 0.6 is 0 Å². The fourth-order valence-electron chi connectivity index (χ4n) is 7.27. The van der Waals surface area contributed by atoms with Crippen molar-refractivity contribution in [3.05, 3.63) is 90.0 Å². The number of likely N-dealkylation sites (tertiary alicyclic amines) is 2. The standard InChI is InChI=1S/C42H53N7O10/c1-26(50)35(45-41(56)58-3)39(54)48-22-8-12-33(48)37(52)43-30-18-14-28(15-19-30)24-47(32-10-6-5-7-11-32)25-29-16-20-31(21-17-29)44-38(53)34-13-9-23-49(34)40(55)36(27(2)51)46-42(57)59-4/h5-7,10-11,14-21,26-27,33-36,50-51H,8-9,12-13,22-25H2,1-4H3,(H,43,52)(H,44,53)(H,45,56)(H,46,57)/t26-,27-,33-,34-,35-,36-/m0/s1. The number of benzene rings is 3. The quantitative estimate of drug-likeness (QED) is 0.131. The monoisotopic (exact) mass is 815 g/mol. The van der Waals surface area contributed by atoms with Crippen molar-refractivity contribution in [2.45, 2.75) is 89.0 Å². The van der Waals surface area contributed by atoms with E-state index in [-0.39, 0.29) is 11.8 Å². The van der Waals surface area contributed by atoms with Crippen molar-refractivity contribution < 1.29 is 48.5 Å². The van der Waals surface area contributed by atoms with E-state index < -0.39 is 60.4 Å². The molecule has 6 atom stereocenters. The molecule has 3 aromatic rings. The summed E-state index contributed by atoms with van der Waals surface area (Å²) in [6, 6.07) is 20.7. The summed E-state index contributed by atoms with van der Waals surface area (Å²) in [4.78, 5) is 81.8. The van der Waals surface area contributed by atoms with Crippen molar-refractivity contribution in [3.8, 4) is 0 Å². The molecule has 5 rings (SSSR count). The largest absolute Gasteiger partial charge is 0.453 e. The lowest BCUT2D eigenvalue weighted by Gasteiger charge is -2.29. The van der Waals surface area contributed by atoms with E-state index in [1.807, 2.05) is 54.6 Å². The number of rotatable bonds is 15. The first-order chi connectivity index (χ1) is 28.3. The number of alkyl carbamates (subject to hydrolysis) is 2. The second kappa shape index (κ2) is 20.5. The number of methoxy groups -OCH3 is 2. The van der Waals surface area contributed by atoms with Crippen LogP contribution in [0.25, 0.3) is 0 Å². The highest BCUT2D eigenvalue weighted by molar-refractivity contribution is 5.99. The third kappa shape index (κ3) is 11.5. The van der Waals surface area contributed by atoms with Crippen LogP contribution < -0.4 is 26.2 Å². The predicted molar refractivity (Wildman–Crippen MR) is 218 cm³/mol. The molecule has 0 bridgehead atoms. The topological polar surface area (TPSA) is 219 Å². The molecule has 6 amide bonds. The van der Waals surface area contributed by atoms with Gasteiger partial charge in [0.15, 0.2) is 0 Å². The van der Waals surface area contributed by atoms with Crippen molar-refractivity contribution in [2.24, 2.45) is 0 Å². The zero-order valence-corrected chi connectivity index (χ0v) is 33.6. The van der Waals surface area contributed by atoms with Gasteiger partial charge in [-0.2, -0.15) is 0 Å².